The maximum Gasteiger partial charge on any atom is 0.251 e. The zero-order chi connectivity index (χ0) is 15.7. The van der Waals surface area contributed by atoms with Gasteiger partial charge in [0.25, 0.3) is 5.91 Å². The Kier molecular flexibility index (Phi) is 4.44. The standard InChI is InChI=1S/C13H17F2N3O2/c1-13(2,3)10(16)12(20)18-9-4-6(11(17)19)7(14)5-8(9)15/h4-5,10H,16H2,1-3H3,(H2,17,19)(H,18,20)/t10-/m1/s1. The van der Waals surface area contributed by atoms with Crippen molar-refractivity contribution < 1.29 is 18.4 Å². The smallest absolute Gasteiger partial charge is 0.251 e. The Balaban J connectivity index is 3.07. The van der Waals surface area contributed by atoms with Gasteiger partial charge in [0.1, 0.15) is 11.6 Å². The van der Waals surface area contributed by atoms with Gasteiger partial charge in [0.05, 0.1) is 17.3 Å². The fourth-order valence-electron chi connectivity index (χ4n) is 1.44. The number of nitrogens with one attached hydrogen (secondary N) is 1. The van der Waals surface area contributed by atoms with Crippen LogP contribution in [0.2, 0.25) is 0 Å². The van der Waals surface area contributed by atoms with Crippen molar-refractivity contribution in [2.24, 2.45) is 16.9 Å². The Morgan fingerprint density at radius 2 is 1.75 bits per heavy atom. The largest absolute Gasteiger partial charge is 0.366 e. The van der Waals surface area contributed by atoms with Crippen molar-refractivity contribution in [3.63, 3.8) is 0 Å². The number of hydrogen-bond donors (Lipinski definition) is 3. The van der Waals surface area contributed by atoms with Crippen LogP contribution in [0.1, 0.15) is 31.1 Å². The van der Waals surface area contributed by atoms with Crippen LogP contribution < -0.4 is 16.8 Å². The van der Waals surface area contributed by atoms with Crippen LogP contribution in [0, 0.1) is 17.0 Å². The maximum atomic E-state index is 13.6. The van der Waals surface area contributed by atoms with E-state index in [1.165, 1.54) is 0 Å². The molecule has 5 nitrogen and oxygen atoms in total. The van der Waals surface area contributed by atoms with Crippen molar-refractivity contribution in [1.82, 2.24) is 0 Å². The summed E-state index contributed by atoms with van der Waals surface area (Å²) in [6.07, 6.45) is 0. The Hall–Kier alpha value is -2.02. The first kappa shape index (κ1) is 16.0. The maximum absolute atomic E-state index is 13.6. The third-order valence-corrected chi connectivity index (χ3v) is 2.80. The van der Waals surface area contributed by atoms with E-state index in [1.807, 2.05) is 0 Å². The van der Waals surface area contributed by atoms with Crippen LogP contribution in [0.5, 0.6) is 0 Å². The van der Waals surface area contributed by atoms with Gasteiger partial charge >= 0.3 is 0 Å². The quantitative estimate of drug-likeness (QED) is 0.782. The topological polar surface area (TPSA) is 98.2 Å². The predicted octanol–water partition coefficient (Wildman–Crippen LogP) is 1.38. The highest BCUT2D eigenvalue weighted by atomic mass is 19.1. The number of nitrogens with two attached hydrogens (primary N) is 2. The number of primary amides is 1. The fourth-order valence-corrected chi connectivity index (χ4v) is 1.44. The van der Waals surface area contributed by atoms with E-state index in [1.54, 1.807) is 20.8 Å². The van der Waals surface area contributed by atoms with E-state index >= 15 is 0 Å². The SMILES string of the molecule is CC(C)(C)[C@H](N)C(=O)Nc1cc(C(N)=O)c(F)cc1F. The lowest BCUT2D eigenvalue weighted by Gasteiger charge is -2.25. The minimum absolute atomic E-state index is 0.343. The van der Waals surface area contributed by atoms with Crippen LogP contribution in [0.3, 0.4) is 0 Å². The second-order valence-electron chi connectivity index (χ2n) is 5.51. The van der Waals surface area contributed by atoms with Crippen molar-refractivity contribution in [2.75, 3.05) is 5.32 Å². The molecular formula is C13H17F2N3O2. The van der Waals surface area contributed by atoms with Gasteiger partial charge in [-0.1, -0.05) is 20.8 Å². The molecule has 0 saturated carbocycles. The van der Waals surface area contributed by atoms with Gasteiger partial charge in [-0.2, -0.15) is 0 Å². The number of carbonyl (C=O) groups is 2. The summed E-state index contributed by atoms with van der Waals surface area (Å²) in [7, 11) is 0. The molecule has 0 unspecified atom stereocenters. The van der Waals surface area contributed by atoms with E-state index in [-0.39, 0.29) is 5.69 Å². The van der Waals surface area contributed by atoms with Crippen molar-refractivity contribution in [3.05, 3.63) is 29.3 Å². The second-order valence-corrected chi connectivity index (χ2v) is 5.51. The molecule has 0 aliphatic rings. The van der Waals surface area contributed by atoms with Gasteiger partial charge in [-0.3, -0.25) is 9.59 Å². The molecule has 110 valence electrons. The molecule has 1 aromatic rings. The van der Waals surface area contributed by atoms with Crippen molar-refractivity contribution in [3.8, 4) is 0 Å². The highest BCUT2D eigenvalue weighted by molar-refractivity contribution is 5.98. The number of amides is 2. The van der Waals surface area contributed by atoms with Crippen LogP contribution in [0.25, 0.3) is 0 Å². The highest BCUT2D eigenvalue weighted by Gasteiger charge is 2.28. The van der Waals surface area contributed by atoms with Crippen molar-refractivity contribution in [2.45, 2.75) is 26.8 Å². The second kappa shape index (κ2) is 5.54. The number of anilines is 1. The zero-order valence-electron chi connectivity index (χ0n) is 11.5. The van der Waals surface area contributed by atoms with Gasteiger partial charge in [0.2, 0.25) is 5.91 Å². The van der Waals surface area contributed by atoms with E-state index in [4.69, 9.17) is 11.5 Å². The minimum atomic E-state index is -1.09. The highest BCUT2D eigenvalue weighted by Crippen LogP contribution is 2.22. The fraction of sp³-hybridized carbons (Fsp3) is 0.385. The average molecular weight is 285 g/mol. The Bertz CT molecular complexity index is 553. The minimum Gasteiger partial charge on any atom is -0.366 e. The van der Waals surface area contributed by atoms with Gasteiger partial charge < -0.3 is 16.8 Å². The number of carbonyl (C=O) groups excluding carboxylic acids is 2. The molecule has 1 aromatic carbocycles. The van der Waals surface area contributed by atoms with Crippen molar-refractivity contribution >= 4 is 17.5 Å². The van der Waals surface area contributed by atoms with Gasteiger partial charge in [-0.05, 0) is 11.5 Å². The Morgan fingerprint density at radius 1 is 1.20 bits per heavy atom. The molecule has 1 atom stereocenters. The molecule has 20 heavy (non-hydrogen) atoms. The summed E-state index contributed by atoms with van der Waals surface area (Å²) in [4.78, 5) is 22.9. The van der Waals surface area contributed by atoms with Gasteiger partial charge in [-0.15, -0.1) is 0 Å². The molecule has 2 amide bonds. The zero-order valence-corrected chi connectivity index (χ0v) is 11.5. The molecule has 0 aliphatic heterocycles. The average Bonchev–Trinajstić information content (AvgIpc) is 2.29. The molecule has 0 heterocycles. The van der Waals surface area contributed by atoms with Crippen LogP contribution >= 0.6 is 0 Å². The number of halogens is 2. The third-order valence-electron chi connectivity index (χ3n) is 2.80. The molecule has 0 saturated heterocycles. The number of rotatable bonds is 3. The summed E-state index contributed by atoms with van der Waals surface area (Å²) < 4.78 is 26.9. The lowest BCUT2D eigenvalue weighted by atomic mass is 9.87. The normalized spacial score (nSPS) is 12.9. The molecule has 5 N–H and O–H groups in total. The molecule has 0 aromatic heterocycles. The van der Waals surface area contributed by atoms with Crippen LogP contribution in [-0.2, 0) is 4.79 Å². The summed E-state index contributed by atoms with van der Waals surface area (Å²) in [5.41, 5.74) is 9.29. The summed E-state index contributed by atoms with van der Waals surface area (Å²) >= 11 is 0. The molecule has 0 fully saturated rings. The summed E-state index contributed by atoms with van der Waals surface area (Å²) in [6.45, 7) is 5.23. The van der Waals surface area contributed by atoms with Gasteiger partial charge in [-0.25, -0.2) is 8.78 Å². The summed E-state index contributed by atoms with van der Waals surface area (Å²) in [6, 6.07) is 0.433. The van der Waals surface area contributed by atoms with E-state index in [0.29, 0.717) is 6.07 Å². The third kappa shape index (κ3) is 3.51. The lowest BCUT2D eigenvalue weighted by Crippen LogP contribution is -2.45. The van der Waals surface area contributed by atoms with Crippen LogP contribution in [0.4, 0.5) is 14.5 Å². The molecule has 0 spiro atoms. The van der Waals surface area contributed by atoms with Gasteiger partial charge in [0.15, 0.2) is 0 Å². The number of hydrogen-bond acceptors (Lipinski definition) is 3. The van der Waals surface area contributed by atoms with Gasteiger partial charge in [0, 0.05) is 6.07 Å². The summed E-state index contributed by atoms with van der Waals surface area (Å²) in [5.74, 6) is -3.80. The molecule has 1 rings (SSSR count). The van der Waals surface area contributed by atoms with E-state index in [0.717, 1.165) is 6.07 Å². The summed E-state index contributed by atoms with van der Waals surface area (Å²) in [5, 5.41) is 2.23. The predicted molar refractivity (Wildman–Crippen MR) is 70.9 cm³/mol. The number of benzene rings is 1. The van der Waals surface area contributed by atoms with E-state index < -0.39 is 40.5 Å². The first-order valence-electron chi connectivity index (χ1n) is 5.89. The first-order chi connectivity index (χ1) is 9.04. The molecule has 0 bridgehead atoms. The Morgan fingerprint density at radius 3 is 2.20 bits per heavy atom. The molecular weight excluding hydrogens is 268 g/mol. The molecule has 7 heteroatoms. The van der Waals surface area contributed by atoms with Crippen LogP contribution in [-0.4, -0.2) is 17.9 Å². The molecule has 0 aliphatic carbocycles. The molecule has 0 radical (unpaired) electrons. The Labute approximate surface area is 115 Å². The van der Waals surface area contributed by atoms with E-state index in [2.05, 4.69) is 5.32 Å². The lowest BCUT2D eigenvalue weighted by molar-refractivity contribution is -0.119. The van der Waals surface area contributed by atoms with E-state index in [9.17, 15) is 18.4 Å². The van der Waals surface area contributed by atoms with Crippen molar-refractivity contribution in [1.29, 1.82) is 0 Å². The monoisotopic (exact) mass is 285 g/mol. The first-order valence-corrected chi connectivity index (χ1v) is 5.89. The van der Waals surface area contributed by atoms with Crippen LogP contribution in [0.15, 0.2) is 12.1 Å².